The van der Waals surface area contributed by atoms with E-state index < -0.39 is 10.0 Å². The number of fused-ring (bicyclic) bond motifs is 1. The maximum Gasteiger partial charge on any atom is 0.265 e. The third-order valence-electron chi connectivity index (χ3n) is 3.11. The quantitative estimate of drug-likeness (QED) is 0.646. The van der Waals surface area contributed by atoms with E-state index in [1.54, 1.807) is 36.5 Å². The minimum Gasteiger partial charge on any atom is -0.399 e. The van der Waals surface area contributed by atoms with Crippen molar-refractivity contribution in [1.29, 1.82) is 0 Å². The normalized spacial score (nSPS) is 11.7. The highest BCUT2D eigenvalue weighted by molar-refractivity contribution is 7.93. The molecule has 0 unspecified atom stereocenters. The van der Waals surface area contributed by atoms with Crippen molar-refractivity contribution in [2.45, 2.75) is 11.8 Å². The maximum absolute atomic E-state index is 12.5. The number of rotatable bonds is 3. The number of anilines is 2. The molecule has 4 N–H and O–H groups in total. The smallest absolute Gasteiger partial charge is 0.265 e. The molecule has 0 saturated heterocycles. The zero-order valence-corrected chi connectivity index (χ0v) is 12.1. The van der Waals surface area contributed by atoms with Crippen LogP contribution in [0.25, 0.3) is 10.9 Å². The van der Waals surface area contributed by atoms with E-state index in [-0.39, 0.29) is 10.7 Å². The van der Waals surface area contributed by atoms with Gasteiger partial charge in [-0.2, -0.15) is 0 Å². The lowest BCUT2D eigenvalue weighted by Crippen LogP contribution is -2.13. The first-order valence-electron chi connectivity index (χ1n) is 6.28. The first-order valence-corrected chi connectivity index (χ1v) is 7.76. The zero-order chi connectivity index (χ0) is 15.0. The van der Waals surface area contributed by atoms with E-state index in [1.165, 1.54) is 6.20 Å². The Balaban J connectivity index is 2.06. The predicted molar refractivity (Wildman–Crippen MR) is 82.5 cm³/mol. The van der Waals surface area contributed by atoms with Gasteiger partial charge in [-0.25, -0.2) is 13.4 Å². The molecule has 1 aromatic carbocycles. The topological polar surface area (TPSA) is 101 Å². The Hall–Kier alpha value is -2.54. The molecule has 2 heterocycles. The van der Waals surface area contributed by atoms with E-state index in [1.807, 2.05) is 6.92 Å². The number of sulfonamides is 1. The van der Waals surface area contributed by atoms with Gasteiger partial charge in [0.15, 0.2) is 0 Å². The summed E-state index contributed by atoms with van der Waals surface area (Å²) in [5, 5.41) is 0.551. The second-order valence-corrected chi connectivity index (χ2v) is 6.43. The first-order chi connectivity index (χ1) is 9.95. The molecule has 21 heavy (non-hydrogen) atoms. The van der Waals surface area contributed by atoms with Crippen LogP contribution in [0, 0.1) is 6.92 Å². The van der Waals surface area contributed by atoms with Gasteiger partial charge in [0.25, 0.3) is 10.0 Å². The lowest BCUT2D eigenvalue weighted by atomic mass is 10.2. The Morgan fingerprint density at radius 1 is 1.24 bits per heavy atom. The Morgan fingerprint density at radius 3 is 2.81 bits per heavy atom. The van der Waals surface area contributed by atoms with Crippen molar-refractivity contribution in [1.82, 2.24) is 9.97 Å². The van der Waals surface area contributed by atoms with Gasteiger partial charge in [0.1, 0.15) is 10.7 Å². The van der Waals surface area contributed by atoms with Crippen molar-refractivity contribution in [3.05, 3.63) is 48.3 Å². The summed E-state index contributed by atoms with van der Waals surface area (Å²) in [6.07, 6.45) is 3.00. The van der Waals surface area contributed by atoms with Crippen molar-refractivity contribution in [3.63, 3.8) is 0 Å². The molecule has 0 aliphatic carbocycles. The number of nitrogens with one attached hydrogen (secondary N) is 2. The van der Waals surface area contributed by atoms with Gasteiger partial charge < -0.3 is 10.7 Å². The SMILES string of the molecule is Cc1ccnc(NS(=O)(=O)c2c[nH]c3ccc(N)cc23)c1. The summed E-state index contributed by atoms with van der Waals surface area (Å²) in [5.74, 6) is 0.285. The van der Waals surface area contributed by atoms with Crippen molar-refractivity contribution in [3.8, 4) is 0 Å². The van der Waals surface area contributed by atoms with E-state index >= 15 is 0 Å². The summed E-state index contributed by atoms with van der Waals surface area (Å²) in [6.45, 7) is 1.87. The highest BCUT2D eigenvalue weighted by Crippen LogP contribution is 2.26. The van der Waals surface area contributed by atoms with Crippen molar-refractivity contribution in [2.24, 2.45) is 0 Å². The molecule has 7 heteroatoms. The highest BCUT2D eigenvalue weighted by Gasteiger charge is 2.19. The predicted octanol–water partition coefficient (Wildman–Crippen LogP) is 2.25. The average Bonchev–Trinajstić information content (AvgIpc) is 2.81. The Kier molecular flexibility index (Phi) is 3.06. The number of hydrogen-bond donors (Lipinski definition) is 3. The molecule has 3 aromatic rings. The van der Waals surface area contributed by atoms with Crippen LogP contribution < -0.4 is 10.5 Å². The van der Waals surface area contributed by atoms with Crippen LogP contribution >= 0.6 is 0 Å². The van der Waals surface area contributed by atoms with E-state index in [4.69, 9.17) is 5.73 Å². The number of nitrogens with zero attached hydrogens (tertiary/aromatic N) is 1. The molecular weight excluding hydrogens is 288 g/mol. The van der Waals surface area contributed by atoms with Crippen LogP contribution in [-0.2, 0) is 10.0 Å². The molecule has 3 rings (SSSR count). The Morgan fingerprint density at radius 2 is 2.05 bits per heavy atom. The molecule has 0 saturated carbocycles. The van der Waals surface area contributed by atoms with Gasteiger partial charge in [0, 0.05) is 29.0 Å². The van der Waals surface area contributed by atoms with Crippen LogP contribution in [0.3, 0.4) is 0 Å². The van der Waals surface area contributed by atoms with E-state index in [2.05, 4.69) is 14.7 Å². The molecule has 0 spiro atoms. The van der Waals surface area contributed by atoms with E-state index in [9.17, 15) is 8.42 Å². The molecular formula is C14H14N4O2S. The number of H-pyrrole nitrogens is 1. The third kappa shape index (κ3) is 2.55. The lowest BCUT2D eigenvalue weighted by molar-refractivity contribution is 0.602. The van der Waals surface area contributed by atoms with Gasteiger partial charge in [-0.05, 0) is 42.8 Å². The van der Waals surface area contributed by atoms with Crippen LogP contribution in [0.15, 0.2) is 47.6 Å². The van der Waals surface area contributed by atoms with Crippen LogP contribution in [-0.4, -0.2) is 18.4 Å². The summed E-state index contributed by atoms with van der Waals surface area (Å²) < 4.78 is 27.4. The number of benzene rings is 1. The third-order valence-corrected chi connectivity index (χ3v) is 4.51. The van der Waals surface area contributed by atoms with Crippen LogP contribution in [0.1, 0.15) is 5.56 Å². The summed E-state index contributed by atoms with van der Waals surface area (Å²) in [5.41, 5.74) is 7.86. The molecule has 0 aliphatic heterocycles. The molecule has 108 valence electrons. The highest BCUT2D eigenvalue weighted by atomic mass is 32.2. The minimum atomic E-state index is -3.73. The zero-order valence-electron chi connectivity index (χ0n) is 11.3. The Bertz CT molecular complexity index is 916. The summed E-state index contributed by atoms with van der Waals surface area (Å²) in [6, 6.07) is 8.55. The number of aromatic amines is 1. The van der Waals surface area contributed by atoms with Crippen molar-refractivity contribution >= 4 is 32.4 Å². The average molecular weight is 302 g/mol. The molecule has 2 aromatic heterocycles. The van der Waals surface area contributed by atoms with Gasteiger partial charge >= 0.3 is 0 Å². The molecule has 0 aliphatic rings. The second kappa shape index (κ2) is 4.78. The molecule has 6 nitrogen and oxygen atoms in total. The van der Waals surface area contributed by atoms with Gasteiger partial charge in [-0.15, -0.1) is 0 Å². The van der Waals surface area contributed by atoms with Gasteiger partial charge in [0.2, 0.25) is 0 Å². The van der Waals surface area contributed by atoms with Gasteiger partial charge in [-0.1, -0.05) is 0 Å². The second-order valence-electron chi connectivity index (χ2n) is 4.78. The monoisotopic (exact) mass is 302 g/mol. The Labute approximate surface area is 122 Å². The summed E-state index contributed by atoms with van der Waals surface area (Å²) >= 11 is 0. The van der Waals surface area contributed by atoms with Crippen LogP contribution in [0.2, 0.25) is 0 Å². The minimum absolute atomic E-state index is 0.146. The fourth-order valence-corrected chi connectivity index (χ4v) is 3.29. The fraction of sp³-hybridized carbons (Fsp3) is 0.0714. The molecule has 0 fully saturated rings. The number of nitrogens with two attached hydrogens (primary N) is 1. The number of hydrogen-bond acceptors (Lipinski definition) is 4. The molecule has 0 atom stereocenters. The van der Waals surface area contributed by atoms with Gasteiger partial charge in [0.05, 0.1) is 0 Å². The number of aromatic nitrogens is 2. The maximum atomic E-state index is 12.5. The molecule has 0 bridgehead atoms. The number of pyridine rings is 1. The van der Waals surface area contributed by atoms with Crippen molar-refractivity contribution in [2.75, 3.05) is 10.5 Å². The summed E-state index contributed by atoms with van der Waals surface area (Å²) in [7, 11) is -3.73. The van der Waals surface area contributed by atoms with Crippen molar-refractivity contribution < 1.29 is 8.42 Å². The van der Waals surface area contributed by atoms with Gasteiger partial charge in [-0.3, -0.25) is 4.72 Å². The standard InChI is InChI=1S/C14H14N4O2S/c1-9-4-5-16-14(6-9)18-21(19,20)13-8-17-12-3-2-10(15)7-11(12)13/h2-8,17H,15H2,1H3,(H,16,18). The van der Waals surface area contributed by atoms with E-state index in [0.29, 0.717) is 16.6 Å². The van der Waals surface area contributed by atoms with E-state index in [0.717, 1.165) is 5.56 Å². The fourth-order valence-electron chi connectivity index (χ4n) is 2.12. The first kappa shape index (κ1) is 13.4. The van der Waals surface area contributed by atoms with Crippen LogP contribution in [0.5, 0.6) is 0 Å². The van der Waals surface area contributed by atoms with Crippen LogP contribution in [0.4, 0.5) is 11.5 Å². The largest absolute Gasteiger partial charge is 0.399 e. The summed E-state index contributed by atoms with van der Waals surface area (Å²) in [4.78, 5) is 7.08. The number of nitrogen functional groups attached to an aromatic ring is 1. The number of aryl methyl sites for hydroxylation is 1. The molecule has 0 amide bonds. The lowest BCUT2D eigenvalue weighted by Gasteiger charge is -2.07. The molecule has 0 radical (unpaired) electrons.